The first-order valence-electron chi connectivity index (χ1n) is 11.3. The number of aliphatic carboxylic acids is 1. The molecule has 2 aromatic carbocycles. The Labute approximate surface area is 199 Å². The molecular weight excluding hydrogens is 462 g/mol. The number of carboxylic acid groups (broad SMARTS) is 1. The van der Waals surface area contributed by atoms with E-state index in [-0.39, 0.29) is 32.2 Å². The number of halogens is 2. The van der Waals surface area contributed by atoms with E-state index in [2.05, 4.69) is 5.32 Å². The number of hydrogen-bond donors (Lipinski definition) is 2. The molecule has 0 radical (unpaired) electrons. The number of rotatable bonds is 5. The van der Waals surface area contributed by atoms with Crippen LogP contribution >= 0.6 is 0 Å². The van der Waals surface area contributed by atoms with E-state index in [1.807, 2.05) is 48.5 Å². The summed E-state index contributed by atoms with van der Waals surface area (Å²) in [5.74, 6) is -5.96. The minimum atomic E-state index is -3.33. The second-order valence-electron chi connectivity index (χ2n) is 9.18. The number of nitrogens with zero attached hydrogens (tertiary/aromatic N) is 1. The summed E-state index contributed by atoms with van der Waals surface area (Å²) in [6.45, 7) is -1.18. The van der Waals surface area contributed by atoms with E-state index >= 15 is 0 Å². The van der Waals surface area contributed by atoms with E-state index in [4.69, 9.17) is 9.47 Å². The van der Waals surface area contributed by atoms with Crippen molar-refractivity contribution < 1.29 is 37.7 Å². The highest BCUT2D eigenvalue weighted by atomic mass is 19.3. The molecule has 2 aliphatic heterocycles. The van der Waals surface area contributed by atoms with Crippen LogP contribution in [-0.4, -0.2) is 71.8 Å². The molecule has 2 saturated heterocycles. The Bertz CT molecular complexity index is 1130. The Kier molecular flexibility index (Phi) is 5.71. The monoisotopic (exact) mass is 486 g/mol. The van der Waals surface area contributed by atoms with Gasteiger partial charge in [0.2, 0.25) is 0 Å². The van der Waals surface area contributed by atoms with E-state index in [0.29, 0.717) is 4.90 Å². The maximum atomic E-state index is 14.0. The van der Waals surface area contributed by atoms with E-state index in [1.165, 1.54) is 0 Å². The molecule has 2 atom stereocenters. The molecule has 2 aromatic rings. The molecule has 0 aromatic heterocycles. The van der Waals surface area contributed by atoms with Gasteiger partial charge in [0, 0.05) is 25.4 Å². The molecule has 10 heteroatoms. The van der Waals surface area contributed by atoms with Crippen LogP contribution < -0.4 is 5.32 Å². The normalized spacial score (nSPS) is 24.6. The quantitative estimate of drug-likeness (QED) is 0.673. The van der Waals surface area contributed by atoms with Crippen LogP contribution in [0.25, 0.3) is 11.1 Å². The number of hydrogen-bond acceptors (Lipinski definition) is 5. The molecule has 0 bridgehead atoms. The number of alkyl carbamates (subject to hydrolysis) is 1. The number of benzene rings is 2. The molecule has 2 heterocycles. The molecule has 5 rings (SSSR count). The molecular formula is C25H24F2N2O6. The SMILES string of the molecule is O=C(NC1(C(=O)N2CC(F)(F)CC2C(=O)O)CCOC1)OCC1c2ccccc2-c2ccccc21. The number of alkyl halides is 2. The first-order valence-corrected chi connectivity index (χ1v) is 11.3. The molecule has 2 fully saturated rings. The van der Waals surface area contributed by atoms with Crippen LogP contribution in [0.5, 0.6) is 0 Å². The zero-order valence-electron chi connectivity index (χ0n) is 18.7. The number of carboxylic acids is 1. The first-order chi connectivity index (χ1) is 16.7. The number of fused-ring (bicyclic) bond motifs is 3. The lowest BCUT2D eigenvalue weighted by atomic mass is 9.96. The van der Waals surface area contributed by atoms with Crippen molar-refractivity contribution in [3.8, 4) is 11.1 Å². The minimum absolute atomic E-state index is 0.00449. The lowest BCUT2D eigenvalue weighted by Crippen LogP contribution is -2.62. The van der Waals surface area contributed by atoms with E-state index < -0.39 is 48.4 Å². The summed E-state index contributed by atoms with van der Waals surface area (Å²) in [5, 5.41) is 11.9. The van der Waals surface area contributed by atoms with Gasteiger partial charge in [-0.3, -0.25) is 4.79 Å². The van der Waals surface area contributed by atoms with Crippen LogP contribution in [0.4, 0.5) is 13.6 Å². The van der Waals surface area contributed by atoms with Crippen molar-refractivity contribution in [3.63, 3.8) is 0 Å². The Morgan fingerprint density at radius 2 is 1.71 bits per heavy atom. The van der Waals surface area contributed by atoms with Crippen molar-refractivity contribution in [2.24, 2.45) is 0 Å². The zero-order chi connectivity index (χ0) is 24.8. The van der Waals surface area contributed by atoms with Gasteiger partial charge in [-0.2, -0.15) is 0 Å². The lowest BCUT2D eigenvalue weighted by Gasteiger charge is -2.33. The summed E-state index contributed by atoms with van der Waals surface area (Å²) in [6, 6.07) is 14.0. The van der Waals surface area contributed by atoms with Gasteiger partial charge in [0.15, 0.2) is 0 Å². The van der Waals surface area contributed by atoms with Crippen LogP contribution in [0.15, 0.2) is 48.5 Å². The second-order valence-corrected chi connectivity index (χ2v) is 9.18. The fourth-order valence-corrected chi connectivity index (χ4v) is 5.24. The van der Waals surface area contributed by atoms with Crippen LogP contribution in [0.1, 0.15) is 29.9 Å². The molecule has 8 nitrogen and oxygen atoms in total. The van der Waals surface area contributed by atoms with Crippen molar-refractivity contribution in [1.29, 1.82) is 0 Å². The number of carbonyl (C=O) groups is 3. The molecule has 0 spiro atoms. The Balaban J connectivity index is 1.31. The third-order valence-electron chi connectivity index (χ3n) is 6.93. The number of likely N-dealkylation sites (tertiary alicyclic amines) is 1. The first kappa shape index (κ1) is 23.2. The summed E-state index contributed by atoms with van der Waals surface area (Å²) < 4.78 is 38.8. The highest BCUT2D eigenvalue weighted by Crippen LogP contribution is 2.44. The highest BCUT2D eigenvalue weighted by Gasteiger charge is 2.56. The second kappa shape index (κ2) is 8.60. The van der Waals surface area contributed by atoms with Crippen LogP contribution in [0.3, 0.4) is 0 Å². The largest absolute Gasteiger partial charge is 0.480 e. The van der Waals surface area contributed by atoms with Gasteiger partial charge in [-0.15, -0.1) is 0 Å². The summed E-state index contributed by atoms with van der Waals surface area (Å²) in [6.07, 6.45) is -1.86. The van der Waals surface area contributed by atoms with Crippen LogP contribution in [-0.2, 0) is 19.1 Å². The van der Waals surface area contributed by atoms with E-state index in [9.17, 15) is 28.3 Å². The lowest BCUT2D eigenvalue weighted by molar-refractivity contribution is -0.151. The van der Waals surface area contributed by atoms with Crippen molar-refractivity contribution in [3.05, 3.63) is 59.7 Å². The van der Waals surface area contributed by atoms with Gasteiger partial charge in [0.1, 0.15) is 18.2 Å². The van der Waals surface area contributed by atoms with Gasteiger partial charge in [-0.25, -0.2) is 18.4 Å². The Morgan fingerprint density at radius 3 is 2.29 bits per heavy atom. The van der Waals surface area contributed by atoms with Crippen molar-refractivity contribution in [2.45, 2.75) is 36.3 Å². The van der Waals surface area contributed by atoms with Crippen molar-refractivity contribution in [1.82, 2.24) is 10.2 Å². The predicted molar refractivity (Wildman–Crippen MR) is 119 cm³/mol. The van der Waals surface area contributed by atoms with E-state index in [1.54, 1.807) is 0 Å². The Morgan fingerprint density at radius 1 is 1.09 bits per heavy atom. The zero-order valence-corrected chi connectivity index (χ0v) is 18.7. The molecule has 35 heavy (non-hydrogen) atoms. The van der Waals surface area contributed by atoms with Crippen molar-refractivity contribution >= 4 is 18.0 Å². The highest BCUT2D eigenvalue weighted by molar-refractivity contribution is 5.94. The van der Waals surface area contributed by atoms with Gasteiger partial charge in [0.05, 0.1) is 13.2 Å². The Hall–Kier alpha value is -3.53. The molecule has 184 valence electrons. The fraction of sp³-hybridized carbons (Fsp3) is 0.400. The molecule has 1 aliphatic carbocycles. The standard InChI is InChI=1S/C25H24F2N2O6/c26-25(27)11-20(21(30)31)29(13-25)22(32)24(9-10-34-14-24)28-23(33)35-12-19-17-7-3-1-5-15(17)16-6-2-4-8-18(16)19/h1-8,19-20H,9-14H2,(H,28,33)(H,30,31). The third kappa shape index (κ3) is 4.12. The van der Waals surface area contributed by atoms with Gasteiger partial charge in [-0.1, -0.05) is 48.5 Å². The number of ether oxygens (including phenoxy) is 2. The molecule has 0 saturated carbocycles. The number of nitrogens with one attached hydrogen (secondary N) is 1. The smallest absolute Gasteiger partial charge is 0.408 e. The maximum Gasteiger partial charge on any atom is 0.408 e. The minimum Gasteiger partial charge on any atom is -0.480 e. The molecule has 2 amide bonds. The van der Waals surface area contributed by atoms with Gasteiger partial charge >= 0.3 is 12.1 Å². The van der Waals surface area contributed by atoms with Crippen LogP contribution in [0.2, 0.25) is 0 Å². The summed E-state index contributed by atoms with van der Waals surface area (Å²) in [7, 11) is 0. The summed E-state index contributed by atoms with van der Waals surface area (Å²) in [5.41, 5.74) is 2.47. The van der Waals surface area contributed by atoms with Gasteiger partial charge < -0.3 is 24.8 Å². The average Bonchev–Trinajstić information content (AvgIpc) is 3.52. The summed E-state index contributed by atoms with van der Waals surface area (Å²) >= 11 is 0. The fourth-order valence-electron chi connectivity index (χ4n) is 5.24. The average molecular weight is 486 g/mol. The number of amides is 2. The van der Waals surface area contributed by atoms with Crippen molar-refractivity contribution in [2.75, 3.05) is 26.4 Å². The van der Waals surface area contributed by atoms with Gasteiger partial charge in [0.25, 0.3) is 11.8 Å². The summed E-state index contributed by atoms with van der Waals surface area (Å²) in [4.78, 5) is 38.2. The molecule has 2 unspecified atom stereocenters. The number of carbonyl (C=O) groups excluding carboxylic acids is 2. The molecule has 3 aliphatic rings. The third-order valence-corrected chi connectivity index (χ3v) is 6.93. The molecule has 2 N–H and O–H groups in total. The predicted octanol–water partition coefficient (Wildman–Crippen LogP) is 3.01. The maximum absolute atomic E-state index is 14.0. The topological polar surface area (TPSA) is 105 Å². The van der Waals surface area contributed by atoms with Crippen LogP contribution in [0, 0.1) is 0 Å². The van der Waals surface area contributed by atoms with E-state index in [0.717, 1.165) is 22.3 Å². The van der Waals surface area contributed by atoms with Gasteiger partial charge in [-0.05, 0) is 22.3 Å².